The average Bonchev–Trinajstić information content (AvgIpc) is 4.21. The molecule has 0 atom stereocenters. The van der Waals surface area contributed by atoms with Crippen LogP contribution in [0.2, 0.25) is 0 Å². The van der Waals surface area contributed by atoms with E-state index in [1.165, 1.54) is 20.2 Å². The highest BCUT2D eigenvalue weighted by atomic mass is 32.1. The number of hydrogen-bond acceptors (Lipinski definition) is 6. The molecule has 5 aromatic heterocycles. The summed E-state index contributed by atoms with van der Waals surface area (Å²) in [5.74, 6) is 1.35. The number of rotatable bonds is 6. The largest absolute Gasteiger partial charge is 0.455 e. The van der Waals surface area contributed by atoms with E-state index < -0.39 is 0 Å². The molecule has 0 saturated heterocycles. The molecule has 0 amide bonds. The minimum absolute atomic E-state index is 0.352. The molecule has 0 radical (unpaired) electrons. The summed E-state index contributed by atoms with van der Waals surface area (Å²) in [5.41, 5.74) is 12.1. The molecular formula is C64H36N6OS. The number of aromatic nitrogens is 5. The van der Waals surface area contributed by atoms with Gasteiger partial charge in [0.05, 0.1) is 44.3 Å². The lowest BCUT2D eigenvalue weighted by atomic mass is 9.96. The number of nitrogens with zero attached hydrogens (tertiary/aromatic N) is 6. The van der Waals surface area contributed by atoms with Gasteiger partial charge in [-0.15, -0.1) is 11.3 Å². The summed E-state index contributed by atoms with van der Waals surface area (Å²) in [4.78, 5) is 15.3. The summed E-state index contributed by atoms with van der Waals surface area (Å²) in [7, 11) is 0. The molecule has 0 bridgehead atoms. The third-order valence-electron chi connectivity index (χ3n) is 14.2. The molecule has 72 heavy (non-hydrogen) atoms. The Kier molecular flexibility index (Phi) is 8.76. The zero-order valence-electron chi connectivity index (χ0n) is 38.3. The van der Waals surface area contributed by atoms with Gasteiger partial charge in [-0.3, -0.25) is 0 Å². The van der Waals surface area contributed by atoms with E-state index in [1.807, 2.05) is 96.3 Å². The van der Waals surface area contributed by atoms with Crippen LogP contribution in [0.5, 0.6) is 0 Å². The third-order valence-corrected chi connectivity index (χ3v) is 15.3. The van der Waals surface area contributed by atoms with Crippen molar-refractivity contribution in [2.45, 2.75) is 0 Å². The molecule has 0 spiro atoms. The van der Waals surface area contributed by atoms with Crippen LogP contribution in [0.15, 0.2) is 223 Å². The second-order valence-corrected chi connectivity index (χ2v) is 19.2. The molecule has 0 aliphatic carbocycles. The summed E-state index contributed by atoms with van der Waals surface area (Å²) in [5, 5.41) is 20.2. The van der Waals surface area contributed by atoms with E-state index >= 15 is 0 Å². The van der Waals surface area contributed by atoms with E-state index in [0.29, 0.717) is 39.8 Å². The molecule has 0 fully saturated rings. The average molecular weight is 937 g/mol. The minimum Gasteiger partial charge on any atom is -0.455 e. The first-order valence-electron chi connectivity index (χ1n) is 23.9. The van der Waals surface area contributed by atoms with Gasteiger partial charge in [0, 0.05) is 69.5 Å². The monoisotopic (exact) mass is 936 g/mol. The molecule has 0 unspecified atom stereocenters. The molecule has 0 aliphatic heterocycles. The fraction of sp³-hybridized carbons (Fsp3) is 0. The summed E-state index contributed by atoms with van der Waals surface area (Å²) >= 11 is 1.83. The number of hydrogen-bond donors (Lipinski definition) is 0. The molecule has 334 valence electrons. The maximum atomic E-state index is 11.5. The predicted molar refractivity (Wildman–Crippen MR) is 295 cm³/mol. The molecule has 15 rings (SSSR count). The van der Waals surface area contributed by atoms with Crippen molar-refractivity contribution in [2.24, 2.45) is 0 Å². The lowest BCUT2D eigenvalue weighted by Gasteiger charge is -2.16. The van der Waals surface area contributed by atoms with Crippen LogP contribution in [-0.4, -0.2) is 24.1 Å². The van der Waals surface area contributed by atoms with E-state index in [2.05, 4.69) is 149 Å². The smallest absolute Gasteiger partial charge is 0.169 e. The number of fused-ring (bicyclic) bond motifs is 13. The van der Waals surface area contributed by atoms with E-state index in [-0.39, 0.29) is 0 Å². The van der Waals surface area contributed by atoms with E-state index in [1.54, 1.807) is 0 Å². The van der Waals surface area contributed by atoms with Crippen LogP contribution in [0.4, 0.5) is 0 Å². The van der Waals surface area contributed by atoms with Gasteiger partial charge in [0.15, 0.2) is 17.5 Å². The van der Waals surface area contributed by atoms with Gasteiger partial charge >= 0.3 is 0 Å². The van der Waals surface area contributed by atoms with Gasteiger partial charge in [-0.05, 0) is 66.2 Å². The second kappa shape index (κ2) is 15.7. The number of para-hydroxylation sites is 4. The Bertz CT molecular complexity index is 4690. The Morgan fingerprint density at radius 2 is 1.01 bits per heavy atom. The van der Waals surface area contributed by atoms with Crippen LogP contribution >= 0.6 is 11.3 Å². The number of benzene rings is 10. The van der Waals surface area contributed by atoms with Crippen molar-refractivity contribution in [3.8, 4) is 62.7 Å². The summed E-state index contributed by atoms with van der Waals surface area (Å²) in [6.45, 7) is 0. The van der Waals surface area contributed by atoms with Gasteiger partial charge in [0.25, 0.3) is 0 Å². The van der Waals surface area contributed by atoms with Crippen molar-refractivity contribution in [3.05, 3.63) is 224 Å². The summed E-state index contributed by atoms with van der Waals surface area (Å²) < 4.78 is 14.4. The highest BCUT2D eigenvalue weighted by molar-refractivity contribution is 7.25. The number of furan rings is 1. The van der Waals surface area contributed by atoms with Gasteiger partial charge in [-0.25, -0.2) is 15.0 Å². The summed E-state index contributed by atoms with van der Waals surface area (Å²) in [6, 6.07) is 78.7. The maximum absolute atomic E-state index is 11.5. The molecule has 8 heteroatoms. The van der Waals surface area contributed by atoms with E-state index in [4.69, 9.17) is 19.4 Å². The quantitative estimate of drug-likeness (QED) is 0.166. The van der Waals surface area contributed by atoms with Crippen molar-refractivity contribution in [3.63, 3.8) is 0 Å². The van der Waals surface area contributed by atoms with Crippen LogP contribution in [0.25, 0.3) is 142 Å². The van der Waals surface area contributed by atoms with Crippen LogP contribution in [-0.2, 0) is 0 Å². The fourth-order valence-electron chi connectivity index (χ4n) is 11.1. The first-order valence-corrected chi connectivity index (χ1v) is 24.7. The van der Waals surface area contributed by atoms with Gasteiger partial charge in [0.1, 0.15) is 17.2 Å². The predicted octanol–water partition coefficient (Wildman–Crippen LogP) is 16.9. The van der Waals surface area contributed by atoms with Gasteiger partial charge in [-0.2, -0.15) is 5.26 Å². The molecule has 15 aromatic rings. The molecule has 0 saturated carbocycles. The second-order valence-electron chi connectivity index (χ2n) is 18.2. The standard InChI is InChI=1S/C64H36N6OS/c65-37-41-35-52(57-46-27-12-16-30-53(46)71-61(57)56(41)64-67-62(38-18-4-1-5-19-38)66-63(68-64)39-20-6-2-7-21-39)70-50-28-14-10-24-43(50)49-36-47(40-32-33-55-48(34-40)44-25-13-17-31-54(44)72-55)59-58(60(49)70)45-26-11-15-29-51(45)69(59)42-22-8-3-9-23-42/h1-36H. The van der Waals surface area contributed by atoms with Crippen LogP contribution in [0.1, 0.15) is 5.56 Å². The Balaban J connectivity index is 1.10. The Labute approximate surface area is 415 Å². The van der Waals surface area contributed by atoms with E-state index in [0.717, 1.165) is 88.0 Å². The third kappa shape index (κ3) is 5.92. The van der Waals surface area contributed by atoms with Crippen molar-refractivity contribution < 1.29 is 4.42 Å². The fourth-order valence-corrected chi connectivity index (χ4v) is 12.2. The van der Waals surface area contributed by atoms with Crippen molar-refractivity contribution in [1.82, 2.24) is 24.1 Å². The number of nitriles is 1. The van der Waals surface area contributed by atoms with Crippen LogP contribution in [0, 0.1) is 11.3 Å². The number of thiophene rings is 1. The highest BCUT2D eigenvalue weighted by Crippen LogP contribution is 2.50. The van der Waals surface area contributed by atoms with Crippen molar-refractivity contribution >= 4 is 97.1 Å². The molecule has 0 aliphatic rings. The van der Waals surface area contributed by atoms with Gasteiger partial charge in [0.2, 0.25) is 0 Å². The van der Waals surface area contributed by atoms with E-state index in [9.17, 15) is 5.26 Å². The van der Waals surface area contributed by atoms with Crippen molar-refractivity contribution in [2.75, 3.05) is 0 Å². The Hall–Kier alpha value is -9.68. The topological polar surface area (TPSA) is 85.5 Å². The molecular weight excluding hydrogens is 901 g/mol. The lowest BCUT2D eigenvalue weighted by molar-refractivity contribution is 0.669. The molecule has 0 N–H and O–H groups in total. The maximum Gasteiger partial charge on any atom is 0.169 e. The normalized spacial score (nSPS) is 11.9. The molecule has 5 heterocycles. The zero-order chi connectivity index (χ0) is 47.4. The zero-order valence-corrected chi connectivity index (χ0v) is 39.1. The lowest BCUT2D eigenvalue weighted by Crippen LogP contribution is -2.03. The molecule has 7 nitrogen and oxygen atoms in total. The first-order chi connectivity index (χ1) is 35.7. The highest BCUT2D eigenvalue weighted by Gasteiger charge is 2.29. The van der Waals surface area contributed by atoms with Gasteiger partial charge < -0.3 is 13.6 Å². The van der Waals surface area contributed by atoms with Crippen molar-refractivity contribution in [1.29, 1.82) is 5.26 Å². The van der Waals surface area contributed by atoms with Crippen LogP contribution in [0.3, 0.4) is 0 Å². The SMILES string of the molecule is N#Cc1cc(-n2c3ccccc3c3cc(-c4ccc5sc6ccccc6c5c4)c4c(c5ccccc5n4-c4ccccc4)c32)c2c(oc3ccccc32)c1-c1nc(-c2ccccc2)nc(-c2ccccc2)n1. The Morgan fingerprint density at radius 1 is 0.431 bits per heavy atom. The Morgan fingerprint density at radius 3 is 1.74 bits per heavy atom. The van der Waals surface area contributed by atoms with Gasteiger partial charge in [-0.1, -0.05) is 158 Å². The van der Waals surface area contributed by atoms with Crippen LogP contribution < -0.4 is 0 Å². The summed E-state index contributed by atoms with van der Waals surface area (Å²) in [6.07, 6.45) is 0. The first kappa shape index (κ1) is 40.2. The molecule has 10 aromatic carbocycles. The minimum atomic E-state index is 0.352.